The van der Waals surface area contributed by atoms with Crippen LogP contribution in [0.5, 0.6) is 0 Å². The van der Waals surface area contributed by atoms with Gasteiger partial charge in [0.05, 0.1) is 10.0 Å². The highest BCUT2D eigenvalue weighted by Crippen LogP contribution is 2.41. The topological polar surface area (TPSA) is 6.48 Å². The SMILES string of the molecule is CCCCCCCCN(CCCCCCCC)c1cc2cc3c(ccc4c5cc6cc(N(CCCCCCCC)CCCCCCCC)sc6cc5ccc34)cc2s1. The smallest absolute Gasteiger partial charge is 0.0920 e. The zero-order valence-electron chi connectivity index (χ0n) is 37.3. The lowest BCUT2D eigenvalue weighted by molar-refractivity contribution is 0.576. The molecule has 0 amide bonds. The molecule has 316 valence electrons. The Morgan fingerprint density at radius 3 is 0.948 bits per heavy atom. The molecule has 0 aliphatic rings. The first-order valence-corrected chi connectivity index (χ1v) is 26.0. The monoisotopic (exact) mass is 819 g/mol. The van der Waals surface area contributed by atoms with Crippen molar-refractivity contribution in [3.05, 3.63) is 60.7 Å². The molecule has 0 saturated carbocycles. The Hall–Kier alpha value is -2.82. The summed E-state index contributed by atoms with van der Waals surface area (Å²) in [5, 5.41) is 14.1. The van der Waals surface area contributed by atoms with Gasteiger partial charge < -0.3 is 9.80 Å². The van der Waals surface area contributed by atoms with Crippen LogP contribution in [-0.2, 0) is 0 Å². The maximum absolute atomic E-state index is 2.74. The Bertz CT molecular complexity index is 1910. The van der Waals surface area contributed by atoms with Crippen LogP contribution in [0.3, 0.4) is 0 Å². The van der Waals surface area contributed by atoms with Crippen molar-refractivity contribution in [2.45, 2.75) is 182 Å². The number of rotatable bonds is 30. The average Bonchev–Trinajstić information content (AvgIpc) is 3.86. The van der Waals surface area contributed by atoms with Crippen LogP contribution in [-0.4, -0.2) is 26.2 Å². The number of hydrogen-bond acceptors (Lipinski definition) is 4. The molecule has 2 aromatic heterocycles. The van der Waals surface area contributed by atoms with Gasteiger partial charge in [-0.3, -0.25) is 0 Å². The van der Waals surface area contributed by atoms with Crippen molar-refractivity contribution in [3.63, 3.8) is 0 Å². The van der Waals surface area contributed by atoms with E-state index >= 15 is 0 Å². The minimum atomic E-state index is 1.19. The highest BCUT2D eigenvalue weighted by Gasteiger charge is 2.15. The summed E-state index contributed by atoms with van der Waals surface area (Å²) >= 11 is 4.04. The van der Waals surface area contributed by atoms with Crippen LogP contribution >= 0.6 is 22.7 Å². The van der Waals surface area contributed by atoms with Gasteiger partial charge in [0.1, 0.15) is 0 Å². The minimum Gasteiger partial charge on any atom is -0.363 e. The van der Waals surface area contributed by atoms with Crippen molar-refractivity contribution < 1.29 is 0 Å². The summed E-state index contributed by atoms with van der Waals surface area (Å²) in [5.41, 5.74) is 0. The fraction of sp³-hybridized carbons (Fsp3) is 0.593. The quantitative estimate of drug-likeness (QED) is 0.0330. The number of benzene rings is 4. The third-order valence-electron chi connectivity index (χ3n) is 12.8. The molecule has 0 fully saturated rings. The van der Waals surface area contributed by atoms with Gasteiger partial charge in [-0.1, -0.05) is 180 Å². The number of anilines is 2. The zero-order chi connectivity index (χ0) is 40.4. The zero-order valence-corrected chi connectivity index (χ0v) is 38.9. The molecule has 6 aromatic rings. The van der Waals surface area contributed by atoms with Crippen molar-refractivity contribution in [1.29, 1.82) is 0 Å². The van der Waals surface area contributed by atoms with E-state index in [1.807, 2.05) is 22.7 Å². The molecule has 0 bridgehead atoms. The standard InChI is InChI=1S/C54H78N2S2/c1-5-9-13-17-21-25-33-55(34-26-22-18-14-10-6-2)53-41-45-37-49-43(39-51(45)57-53)29-31-48-47(49)32-30-44-40-52-46(38-50(44)48)42-54(58-52)56(35-27-23-19-15-11-7-3)36-28-24-20-16-12-8-4/h29-32,37-42H,5-28,33-36H2,1-4H3. The van der Waals surface area contributed by atoms with Gasteiger partial charge in [0.15, 0.2) is 0 Å². The molecule has 0 atom stereocenters. The van der Waals surface area contributed by atoms with Gasteiger partial charge >= 0.3 is 0 Å². The van der Waals surface area contributed by atoms with E-state index in [2.05, 4.69) is 98.2 Å². The molecule has 0 unspecified atom stereocenters. The van der Waals surface area contributed by atoms with Crippen molar-refractivity contribution in [3.8, 4) is 0 Å². The second-order valence-electron chi connectivity index (χ2n) is 17.7. The van der Waals surface area contributed by atoms with Crippen molar-refractivity contribution >= 4 is 85.2 Å². The van der Waals surface area contributed by atoms with E-state index in [-0.39, 0.29) is 0 Å². The largest absolute Gasteiger partial charge is 0.363 e. The number of nitrogens with zero attached hydrogens (tertiary/aromatic N) is 2. The van der Waals surface area contributed by atoms with Crippen molar-refractivity contribution in [1.82, 2.24) is 0 Å². The molecule has 2 nitrogen and oxygen atoms in total. The summed E-state index contributed by atoms with van der Waals surface area (Å²) in [4.78, 5) is 5.48. The van der Waals surface area contributed by atoms with Gasteiger partial charge in [-0.25, -0.2) is 0 Å². The van der Waals surface area contributed by atoms with E-state index < -0.39 is 0 Å². The Balaban J connectivity index is 1.23. The van der Waals surface area contributed by atoms with Gasteiger partial charge in [-0.2, -0.15) is 0 Å². The molecule has 4 aromatic carbocycles. The molecule has 6 rings (SSSR count). The van der Waals surface area contributed by atoms with E-state index in [0.29, 0.717) is 0 Å². The van der Waals surface area contributed by atoms with Gasteiger partial charge in [-0.15, -0.1) is 22.7 Å². The third kappa shape index (κ3) is 12.6. The number of hydrogen-bond donors (Lipinski definition) is 0. The van der Waals surface area contributed by atoms with Crippen LogP contribution < -0.4 is 9.80 Å². The van der Waals surface area contributed by atoms with E-state index in [9.17, 15) is 0 Å². The summed E-state index contributed by atoms with van der Waals surface area (Å²) in [6.45, 7) is 14.0. The third-order valence-corrected chi connectivity index (χ3v) is 15.1. The van der Waals surface area contributed by atoms with Crippen LogP contribution in [0.2, 0.25) is 0 Å². The summed E-state index contributed by atoms with van der Waals surface area (Å²) in [5.74, 6) is 0. The van der Waals surface area contributed by atoms with Crippen LogP contribution in [0, 0.1) is 0 Å². The number of unbranched alkanes of at least 4 members (excludes halogenated alkanes) is 20. The molecule has 2 heterocycles. The molecule has 58 heavy (non-hydrogen) atoms. The van der Waals surface area contributed by atoms with E-state index in [0.717, 1.165) is 0 Å². The van der Waals surface area contributed by atoms with E-state index in [1.165, 1.54) is 243 Å². The molecular formula is C54H78N2S2. The summed E-state index contributed by atoms with van der Waals surface area (Å²) < 4.78 is 2.86. The van der Waals surface area contributed by atoms with Gasteiger partial charge in [0.25, 0.3) is 0 Å². The van der Waals surface area contributed by atoms with Crippen LogP contribution in [0.15, 0.2) is 60.7 Å². The predicted molar refractivity (Wildman–Crippen MR) is 268 cm³/mol. The highest BCUT2D eigenvalue weighted by atomic mass is 32.1. The van der Waals surface area contributed by atoms with Gasteiger partial charge in [-0.05, 0) is 105 Å². The Morgan fingerprint density at radius 2 is 0.621 bits per heavy atom. The fourth-order valence-corrected chi connectivity index (χ4v) is 11.5. The first-order valence-electron chi connectivity index (χ1n) is 24.4. The second-order valence-corrected chi connectivity index (χ2v) is 19.8. The maximum atomic E-state index is 2.74. The summed E-state index contributed by atoms with van der Waals surface area (Å²) in [6.07, 6.45) is 32.6. The molecule has 0 N–H and O–H groups in total. The number of thiophene rings is 2. The first-order chi connectivity index (χ1) is 28.6. The number of fused-ring (bicyclic) bond motifs is 7. The average molecular weight is 819 g/mol. The van der Waals surface area contributed by atoms with Crippen LogP contribution in [0.4, 0.5) is 10.0 Å². The van der Waals surface area contributed by atoms with Crippen LogP contribution in [0.1, 0.15) is 182 Å². The highest BCUT2D eigenvalue weighted by molar-refractivity contribution is 7.23. The molecule has 4 heteroatoms. The summed E-state index contributed by atoms with van der Waals surface area (Å²) in [7, 11) is 0. The fourth-order valence-electron chi connectivity index (χ4n) is 9.22. The van der Waals surface area contributed by atoms with Gasteiger partial charge in [0, 0.05) is 35.6 Å². The summed E-state index contributed by atoms with van der Waals surface area (Å²) in [6, 6.07) is 24.6. The predicted octanol–water partition coefficient (Wildman–Crippen LogP) is 18.6. The Morgan fingerprint density at radius 1 is 0.310 bits per heavy atom. The second kappa shape index (κ2) is 24.4. The Labute approximate surface area is 361 Å². The lowest BCUT2D eigenvalue weighted by atomic mass is 9.96. The molecule has 0 spiro atoms. The molecular weight excluding hydrogens is 741 g/mol. The van der Waals surface area contributed by atoms with Gasteiger partial charge in [0.2, 0.25) is 0 Å². The molecule has 0 saturated heterocycles. The normalized spacial score (nSPS) is 12.0. The molecule has 0 radical (unpaired) electrons. The maximum Gasteiger partial charge on any atom is 0.0920 e. The van der Waals surface area contributed by atoms with E-state index in [4.69, 9.17) is 0 Å². The first kappa shape index (κ1) is 44.7. The lowest BCUT2D eigenvalue weighted by Gasteiger charge is -2.23. The molecule has 0 aliphatic heterocycles. The van der Waals surface area contributed by atoms with Crippen LogP contribution in [0.25, 0.3) is 52.5 Å². The lowest BCUT2D eigenvalue weighted by Crippen LogP contribution is -2.24. The Kier molecular flexibility index (Phi) is 18.8. The van der Waals surface area contributed by atoms with Crippen molar-refractivity contribution in [2.75, 3.05) is 36.0 Å². The van der Waals surface area contributed by atoms with Crippen molar-refractivity contribution in [2.24, 2.45) is 0 Å². The van der Waals surface area contributed by atoms with E-state index in [1.54, 1.807) is 0 Å². The minimum absolute atomic E-state index is 1.19. The molecule has 0 aliphatic carbocycles.